The molecule has 0 radical (unpaired) electrons. The Labute approximate surface area is 121 Å². The molecule has 0 bridgehead atoms. The number of halogens is 2. The van der Waals surface area contributed by atoms with Gasteiger partial charge in [-0.1, -0.05) is 37.4 Å². The fraction of sp³-hybridized carbons (Fsp3) is 0.385. The summed E-state index contributed by atoms with van der Waals surface area (Å²) < 4.78 is 13.5. The molecule has 1 atom stereocenters. The van der Waals surface area contributed by atoms with E-state index in [9.17, 15) is 14.0 Å². The molecule has 0 heterocycles. The number of carbonyl (C=O) groups excluding carboxylic acids is 1. The molecule has 2 amide bonds. The molecule has 0 spiro atoms. The van der Waals surface area contributed by atoms with E-state index in [-0.39, 0.29) is 10.7 Å². The third kappa shape index (κ3) is 4.70. The number of rotatable bonds is 6. The number of benzene rings is 1. The van der Waals surface area contributed by atoms with Crippen LogP contribution in [-0.2, 0) is 4.79 Å². The fourth-order valence-corrected chi connectivity index (χ4v) is 1.80. The second-order valence-corrected chi connectivity index (χ2v) is 4.64. The van der Waals surface area contributed by atoms with Crippen LogP contribution in [0.4, 0.5) is 14.9 Å². The highest BCUT2D eigenvalue weighted by molar-refractivity contribution is 6.33. The number of carboxylic acids is 1. The first-order valence-electron chi connectivity index (χ1n) is 6.20. The molecule has 0 fully saturated rings. The molecule has 0 saturated carbocycles. The van der Waals surface area contributed by atoms with Crippen molar-refractivity contribution in [3.63, 3.8) is 0 Å². The summed E-state index contributed by atoms with van der Waals surface area (Å²) >= 11 is 5.76. The highest BCUT2D eigenvalue weighted by Crippen LogP contribution is 2.24. The standard InChI is InChI=1S/C13H16ClFN2O3/c1-2-3-7-10(12(18)19)16-13(20)17-11-8(14)5-4-6-9(11)15/h4-6,10H,2-3,7H2,1H3,(H,18,19)(H2,16,17,20)/t10-/m0/s1. The maximum absolute atomic E-state index is 13.5. The zero-order chi connectivity index (χ0) is 15.1. The molecule has 1 rings (SSSR count). The van der Waals surface area contributed by atoms with Gasteiger partial charge in [-0.25, -0.2) is 14.0 Å². The van der Waals surface area contributed by atoms with Gasteiger partial charge in [0.05, 0.1) is 10.7 Å². The summed E-state index contributed by atoms with van der Waals surface area (Å²) in [6, 6.07) is 2.16. The minimum atomic E-state index is -1.13. The monoisotopic (exact) mass is 302 g/mol. The summed E-state index contributed by atoms with van der Waals surface area (Å²) in [5.41, 5.74) is -0.175. The zero-order valence-corrected chi connectivity index (χ0v) is 11.7. The van der Waals surface area contributed by atoms with Gasteiger partial charge in [0.25, 0.3) is 0 Å². The number of anilines is 1. The van der Waals surface area contributed by atoms with Crippen LogP contribution in [0.2, 0.25) is 5.02 Å². The second kappa shape index (κ2) is 7.69. The third-order valence-corrected chi connectivity index (χ3v) is 2.97. The fourth-order valence-electron chi connectivity index (χ4n) is 1.59. The van der Waals surface area contributed by atoms with Crippen molar-refractivity contribution in [1.82, 2.24) is 5.32 Å². The SMILES string of the molecule is CCCC[C@H](NC(=O)Nc1c(F)cccc1Cl)C(=O)O. The van der Waals surface area contributed by atoms with Crippen LogP contribution in [0.1, 0.15) is 26.2 Å². The minimum Gasteiger partial charge on any atom is -0.480 e. The molecule has 110 valence electrons. The Morgan fingerprint density at radius 2 is 2.15 bits per heavy atom. The Morgan fingerprint density at radius 1 is 1.45 bits per heavy atom. The molecule has 0 unspecified atom stereocenters. The van der Waals surface area contributed by atoms with Crippen LogP contribution in [0.25, 0.3) is 0 Å². The molecular formula is C13H16ClFN2O3. The summed E-state index contributed by atoms with van der Waals surface area (Å²) in [5, 5.41) is 13.5. The predicted octanol–water partition coefficient (Wildman–Crippen LogP) is 3.24. The summed E-state index contributed by atoms with van der Waals surface area (Å²) in [4.78, 5) is 22.7. The van der Waals surface area contributed by atoms with E-state index in [1.54, 1.807) is 0 Å². The number of aliphatic carboxylic acids is 1. The van der Waals surface area contributed by atoms with E-state index in [2.05, 4.69) is 10.6 Å². The van der Waals surface area contributed by atoms with Gasteiger partial charge < -0.3 is 15.7 Å². The smallest absolute Gasteiger partial charge is 0.326 e. The molecule has 7 heteroatoms. The molecule has 1 aromatic rings. The van der Waals surface area contributed by atoms with E-state index < -0.39 is 23.9 Å². The Hall–Kier alpha value is -1.82. The lowest BCUT2D eigenvalue weighted by Gasteiger charge is -2.15. The van der Waals surface area contributed by atoms with Gasteiger partial charge in [0.1, 0.15) is 11.9 Å². The maximum Gasteiger partial charge on any atom is 0.326 e. The number of carbonyl (C=O) groups is 2. The van der Waals surface area contributed by atoms with Gasteiger partial charge in [-0.3, -0.25) is 0 Å². The van der Waals surface area contributed by atoms with E-state index >= 15 is 0 Å². The normalized spacial score (nSPS) is 11.8. The van der Waals surface area contributed by atoms with E-state index in [0.717, 1.165) is 12.5 Å². The molecular weight excluding hydrogens is 287 g/mol. The van der Waals surface area contributed by atoms with E-state index in [0.29, 0.717) is 12.8 Å². The van der Waals surface area contributed by atoms with Crippen molar-refractivity contribution in [3.05, 3.63) is 29.0 Å². The van der Waals surface area contributed by atoms with Crippen LogP contribution in [0.5, 0.6) is 0 Å². The van der Waals surface area contributed by atoms with Gasteiger partial charge in [0, 0.05) is 0 Å². The number of hydrogen-bond acceptors (Lipinski definition) is 2. The Balaban J connectivity index is 2.68. The molecule has 1 aromatic carbocycles. The van der Waals surface area contributed by atoms with Gasteiger partial charge >= 0.3 is 12.0 Å². The minimum absolute atomic E-state index is 0.0422. The van der Waals surface area contributed by atoms with Crippen molar-refractivity contribution in [1.29, 1.82) is 0 Å². The molecule has 0 aliphatic rings. The van der Waals surface area contributed by atoms with Crippen LogP contribution >= 0.6 is 11.6 Å². The first kappa shape index (κ1) is 16.2. The average molecular weight is 303 g/mol. The highest BCUT2D eigenvalue weighted by atomic mass is 35.5. The van der Waals surface area contributed by atoms with Crippen molar-refractivity contribution in [3.8, 4) is 0 Å². The van der Waals surface area contributed by atoms with Gasteiger partial charge in [0.2, 0.25) is 0 Å². The number of urea groups is 1. The number of amides is 2. The molecule has 0 aromatic heterocycles. The summed E-state index contributed by atoms with van der Waals surface area (Å²) in [5.74, 6) is -1.82. The topological polar surface area (TPSA) is 78.4 Å². The van der Waals surface area contributed by atoms with Gasteiger partial charge in [0.15, 0.2) is 0 Å². The average Bonchev–Trinajstić information content (AvgIpc) is 2.38. The lowest BCUT2D eigenvalue weighted by molar-refractivity contribution is -0.139. The molecule has 5 nitrogen and oxygen atoms in total. The van der Waals surface area contributed by atoms with Crippen molar-refractivity contribution in [2.45, 2.75) is 32.2 Å². The number of para-hydroxylation sites is 1. The molecule has 0 saturated heterocycles. The van der Waals surface area contributed by atoms with Crippen LogP contribution in [-0.4, -0.2) is 23.1 Å². The van der Waals surface area contributed by atoms with Crippen LogP contribution in [0.3, 0.4) is 0 Å². The summed E-state index contributed by atoms with van der Waals surface area (Å²) in [7, 11) is 0. The van der Waals surface area contributed by atoms with Gasteiger partial charge in [-0.2, -0.15) is 0 Å². The number of unbranched alkanes of at least 4 members (excludes halogenated alkanes) is 1. The van der Waals surface area contributed by atoms with E-state index in [1.807, 2.05) is 6.92 Å². The lowest BCUT2D eigenvalue weighted by atomic mass is 10.1. The van der Waals surface area contributed by atoms with Crippen molar-refractivity contribution >= 4 is 29.3 Å². The van der Waals surface area contributed by atoms with Crippen molar-refractivity contribution in [2.75, 3.05) is 5.32 Å². The van der Waals surface area contributed by atoms with Crippen molar-refractivity contribution in [2.24, 2.45) is 0 Å². The second-order valence-electron chi connectivity index (χ2n) is 4.23. The summed E-state index contributed by atoms with van der Waals surface area (Å²) in [6.07, 6.45) is 1.79. The Bertz CT molecular complexity index is 476. The van der Waals surface area contributed by atoms with Gasteiger partial charge in [-0.15, -0.1) is 0 Å². The first-order chi connectivity index (χ1) is 9.45. The Kier molecular flexibility index (Phi) is 6.24. The van der Waals surface area contributed by atoms with Crippen LogP contribution < -0.4 is 10.6 Å². The largest absolute Gasteiger partial charge is 0.480 e. The van der Waals surface area contributed by atoms with E-state index in [1.165, 1.54) is 12.1 Å². The van der Waals surface area contributed by atoms with Gasteiger partial charge in [-0.05, 0) is 18.6 Å². The number of carboxylic acid groups (broad SMARTS) is 1. The lowest BCUT2D eigenvalue weighted by Crippen LogP contribution is -2.43. The third-order valence-electron chi connectivity index (χ3n) is 2.65. The maximum atomic E-state index is 13.5. The molecule has 0 aliphatic heterocycles. The number of nitrogens with one attached hydrogen (secondary N) is 2. The van der Waals surface area contributed by atoms with Crippen LogP contribution in [0, 0.1) is 5.82 Å². The molecule has 3 N–H and O–H groups in total. The number of hydrogen-bond donors (Lipinski definition) is 3. The van der Waals surface area contributed by atoms with E-state index in [4.69, 9.17) is 16.7 Å². The first-order valence-corrected chi connectivity index (χ1v) is 6.57. The predicted molar refractivity (Wildman–Crippen MR) is 74.5 cm³/mol. The Morgan fingerprint density at radius 3 is 2.70 bits per heavy atom. The zero-order valence-electron chi connectivity index (χ0n) is 11.0. The highest BCUT2D eigenvalue weighted by Gasteiger charge is 2.20. The molecule has 0 aliphatic carbocycles. The molecule has 20 heavy (non-hydrogen) atoms. The van der Waals surface area contributed by atoms with Crippen molar-refractivity contribution < 1.29 is 19.1 Å². The quantitative estimate of drug-likeness (QED) is 0.755. The van der Waals surface area contributed by atoms with Crippen LogP contribution in [0.15, 0.2) is 18.2 Å². The summed E-state index contributed by atoms with van der Waals surface area (Å²) in [6.45, 7) is 1.91.